The summed E-state index contributed by atoms with van der Waals surface area (Å²) in [6, 6.07) is 11.1. The molecule has 0 radical (unpaired) electrons. The lowest BCUT2D eigenvalue weighted by molar-refractivity contribution is -0.137. The minimum absolute atomic E-state index is 0.0183. The molecule has 0 saturated heterocycles. The summed E-state index contributed by atoms with van der Waals surface area (Å²) >= 11 is 0. The van der Waals surface area contributed by atoms with E-state index in [1.807, 2.05) is 32.0 Å². The SMILES string of the molecule is Cc1cc(C)cc(-c2cc(-n3c(=O)[nH]c4cc(C(F)(F)F)ccc43)c(O)cc2O)c1. The van der Waals surface area contributed by atoms with Crippen LogP contribution in [-0.2, 0) is 6.18 Å². The van der Waals surface area contributed by atoms with E-state index in [0.717, 1.165) is 33.9 Å². The Kier molecular flexibility index (Phi) is 4.38. The number of halogens is 3. The van der Waals surface area contributed by atoms with Crippen molar-refractivity contribution in [2.45, 2.75) is 20.0 Å². The summed E-state index contributed by atoms with van der Waals surface area (Å²) in [7, 11) is 0. The van der Waals surface area contributed by atoms with Gasteiger partial charge in [0, 0.05) is 11.6 Å². The van der Waals surface area contributed by atoms with Crippen molar-refractivity contribution in [3.8, 4) is 28.3 Å². The highest BCUT2D eigenvalue weighted by atomic mass is 19.4. The van der Waals surface area contributed by atoms with Gasteiger partial charge in [-0.3, -0.25) is 4.57 Å². The Morgan fingerprint density at radius 3 is 2.20 bits per heavy atom. The number of nitrogens with one attached hydrogen (secondary N) is 1. The van der Waals surface area contributed by atoms with Crippen LogP contribution < -0.4 is 5.69 Å². The van der Waals surface area contributed by atoms with E-state index in [1.165, 1.54) is 12.1 Å². The molecule has 5 nitrogen and oxygen atoms in total. The van der Waals surface area contributed by atoms with Crippen molar-refractivity contribution in [3.63, 3.8) is 0 Å². The topological polar surface area (TPSA) is 78.2 Å². The highest BCUT2D eigenvalue weighted by molar-refractivity contribution is 5.81. The van der Waals surface area contributed by atoms with E-state index in [2.05, 4.69) is 4.98 Å². The Balaban J connectivity index is 1.96. The summed E-state index contributed by atoms with van der Waals surface area (Å²) in [5.41, 5.74) is 1.56. The minimum Gasteiger partial charge on any atom is -0.507 e. The standard InChI is InChI=1S/C22H17F3N2O3/c1-11-5-12(2)7-13(6-11)15-9-18(20(29)10-19(15)28)27-17-4-3-14(22(23,24)25)8-16(17)26-21(27)30/h3-10,28-29H,1-2H3,(H,26,30). The Bertz CT molecular complexity index is 1330. The highest BCUT2D eigenvalue weighted by Crippen LogP contribution is 2.38. The summed E-state index contributed by atoms with van der Waals surface area (Å²) in [4.78, 5) is 14.9. The second kappa shape index (κ2) is 6.69. The first-order valence-corrected chi connectivity index (χ1v) is 9.01. The first kappa shape index (κ1) is 19.6. The summed E-state index contributed by atoms with van der Waals surface area (Å²) in [6.07, 6.45) is -4.55. The molecule has 0 spiro atoms. The number of alkyl halides is 3. The zero-order valence-electron chi connectivity index (χ0n) is 16.0. The first-order valence-electron chi connectivity index (χ1n) is 9.01. The smallest absolute Gasteiger partial charge is 0.416 e. The lowest BCUT2D eigenvalue weighted by atomic mass is 9.99. The van der Waals surface area contributed by atoms with Gasteiger partial charge in [0.15, 0.2) is 0 Å². The van der Waals surface area contributed by atoms with Crippen LogP contribution in [0.5, 0.6) is 11.5 Å². The lowest BCUT2D eigenvalue weighted by Crippen LogP contribution is -2.14. The molecule has 0 saturated carbocycles. The maximum Gasteiger partial charge on any atom is 0.416 e. The average molecular weight is 414 g/mol. The normalized spacial score (nSPS) is 11.9. The maximum absolute atomic E-state index is 13.0. The van der Waals surface area contributed by atoms with Crippen molar-refractivity contribution in [1.82, 2.24) is 9.55 Å². The molecule has 0 bridgehead atoms. The van der Waals surface area contributed by atoms with Crippen LogP contribution in [0.4, 0.5) is 13.2 Å². The van der Waals surface area contributed by atoms with E-state index in [4.69, 9.17) is 0 Å². The zero-order valence-corrected chi connectivity index (χ0v) is 16.0. The van der Waals surface area contributed by atoms with Crippen molar-refractivity contribution in [1.29, 1.82) is 0 Å². The number of aryl methyl sites for hydroxylation is 2. The van der Waals surface area contributed by atoms with Gasteiger partial charge < -0.3 is 15.2 Å². The van der Waals surface area contributed by atoms with Gasteiger partial charge in [0.2, 0.25) is 0 Å². The molecular formula is C22H17F3N2O3. The van der Waals surface area contributed by atoms with Gasteiger partial charge in [0.25, 0.3) is 0 Å². The molecule has 4 rings (SSSR count). The van der Waals surface area contributed by atoms with Gasteiger partial charge in [0.1, 0.15) is 11.5 Å². The van der Waals surface area contributed by atoms with Crippen molar-refractivity contribution >= 4 is 11.0 Å². The van der Waals surface area contributed by atoms with Crippen molar-refractivity contribution in [2.24, 2.45) is 0 Å². The molecule has 0 aliphatic carbocycles. The number of aromatic hydroxyl groups is 2. The molecular weight excluding hydrogens is 397 g/mol. The Hall–Kier alpha value is -3.68. The number of hydrogen-bond acceptors (Lipinski definition) is 3. The Morgan fingerprint density at radius 2 is 1.57 bits per heavy atom. The van der Waals surface area contributed by atoms with Gasteiger partial charge in [-0.05, 0) is 43.7 Å². The minimum atomic E-state index is -4.55. The maximum atomic E-state index is 13.0. The lowest BCUT2D eigenvalue weighted by Gasteiger charge is -2.13. The van der Waals surface area contributed by atoms with E-state index < -0.39 is 17.4 Å². The third-order valence-electron chi connectivity index (χ3n) is 4.88. The molecule has 0 aliphatic rings. The second-order valence-electron chi connectivity index (χ2n) is 7.23. The third kappa shape index (κ3) is 3.30. The first-order chi connectivity index (χ1) is 14.0. The number of aromatic amines is 1. The number of fused-ring (bicyclic) bond motifs is 1. The predicted molar refractivity (Wildman–Crippen MR) is 107 cm³/mol. The molecule has 4 aromatic rings. The van der Waals surface area contributed by atoms with Gasteiger partial charge in [-0.2, -0.15) is 13.2 Å². The molecule has 3 N–H and O–H groups in total. The zero-order chi connectivity index (χ0) is 21.8. The Morgan fingerprint density at radius 1 is 0.900 bits per heavy atom. The fourth-order valence-corrected chi connectivity index (χ4v) is 3.63. The van der Waals surface area contributed by atoms with Crippen LogP contribution in [0.15, 0.2) is 53.3 Å². The van der Waals surface area contributed by atoms with E-state index in [9.17, 15) is 28.2 Å². The summed E-state index contributed by atoms with van der Waals surface area (Å²) in [6.45, 7) is 3.80. The molecule has 30 heavy (non-hydrogen) atoms. The average Bonchev–Trinajstić information content (AvgIpc) is 2.95. The third-order valence-corrected chi connectivity index (χ3v) is 4.88. The molecule has 1 aromatic heterocycles. The molecule has 8 heteroatoms. The number of imidazole rings is 1. The molecule has 3 aromatic carbocycles. The van der Waals surface area contributed by atoms with Crippen molar-refractivity contribution in [3.05, 3.63) is 75.7 Å². The molecule has 1 heterocycles. The largest absolute Gasteiger partial charge is 0.507 e. The van der Waals surface area contributed by atoms with Crippen LogP contribution in [0.1, 0.15) is 16.7 Å². The van der Waals surface area contributed by atoms with Gasteiger partial charge in [0.05, 0.1) is 22.3 Å². The number of rotatable bonds is 2. The van der Waals surface area contributed by atoms with E-state index in [-0.39, 0.29) is 28.2 Å². The fourth-order valence-electron chi connectivity index (χ4n) is 3.63. The number of phenolic OH excluding ortho intramolecular Hbond substituents is 2. The molecule has 0 atom stereocenters. The molecule has 0 amide bonds. The van der Waals surface area contributed by atoms with Crippen LogP contribution in [-0.4, -0.2) is 19.8 Å². The number of benzene rings is 3. The van der Waals surface area contributed by atoms with E-state index >= 15 is 0 Å². The summed E-state index contributed by atoms with van der Waals surface area (Å²) in [5.74, 6) is -0.572. The molecule has 154 valence electrons. The monoisotopic (exact) mass is 414 g/mol. The highest BCUT2D eigenvalue weighted by Gasteiger charge is 2.31. The number of aromatic nitrogens is 2. The fraction of sp³-hybridized carbons (Fsp3) is 0.136. The summed E-state index contributed by atoms with van der Waals surface area (Å²) in [5, 5.41) is 20.8. The van der Waals surface area contributed by atoms with Crippen molar-refractivity contribution < 1.29 is 23.4 Å². The predicted octanol–water partition coefficient (Wildman–Crippen LogP) is 5.03. The van der Waals surface area contributed by atoms with E-state index in [0.29, 0.717) is 11.1 Å². The van der Waals surface area contributed by atoms with Crippen LogP contribution >= 0.6 is 0 Å². The van der Waals surface area contributed by atoms with Crippen LogP contribution in [0.2, 0.25) is 0 Å². The second-order valence-corrected chi connectivity index (χ2v) is 7.23. The van der Waals surface area contributed by atoms with Gasteiger partial charge in [-0.15, -0.1) is 0 Å². The molecule has 0 unspecified atom stereocenters. The Labute approximate surface area is 168 Å². The van der Waals surface area contributed by atoms with Gasteiger partial charge in [-0.1, -0.05) is 29.3 Å². The summed E-state index contributed by atoms with van der Waals surface area (Å²) < 4.78 is 40.1. The number of nitrogens with zero attached hydrogens (tertiary/aromatic N) is 1. The quantitative estimate of drug-likeness (QED) is 0.430. The van der Waals surface area contributed by atoms with Gasteiger partial charge >= 0.3 is 11.9 Å². The number of hydrogen-bond donors (Lipinski definition) is 3. The van der Waals surface area contributed by atoms with Crippen LogP contribution in [0.3, 0.4) is 0 Å². The van der Waals surface area contributed by atoms with Gasteiger partial charge in [-0.25, -0.2) is 4.79 Å². The van der Waals surface area contributed by atoms with E-state index in [1.54, 1.807) is 0 Å². The number of H-pyrrole nitrogens is 1. The van der Waals surface area contributed by atoms with Crippen LogP contribution in [0.25, 0.3) is 27.8 Å². The molecule has 0 aliphatic heterocycles. The number of phenols is 2. The van der Waals surface area contributed by atoms with Crippen molar-refractivity contribution in [2.75, 3.05) is 0 Å². The molecule has 0 fully saturated rings. The van der Waals surface area contributed by atoms with Crippen LogP contribution in [0, 0.1) is 13.8 Å².